The summed E-state index contributed by atoms with van der Waals surface area (Å²) in [4.78, 5) is 30.3. The molecule has 4 rings (SSSR count). The monoisotopic (exact) mass is 453 g/mol. The average molecular weight is 454 g/mol. The minimum absolute atomic E-state index is 0.118. The molecular weight excluding hydrogens is 418 g/mol. The number of benzene rings is 1. The standard InChI is InChI=1S/C16H20N6O.C8H15NO/c1-12-2-4-13(5-3-12)14-10-18-20-16(19-14)22-8-6-21(7-9-22)11-15(17)23;1-7(10)9-8-5-3-2-4-6-8/h2-5,10H,6-9,11H2,1H3,(H2,17,23);8H,2-6H2,1H3,(H,9,10). The first-order valence-electron chi connectivity index (χ1n) is 11.7. The van der Waals surface area contributed by atoms with Crippen LogP contribution in [0, 0.1) is 6.92 Å². The van der Waals surface area contributed by atoms with Crippen LogP contribution >= 0.6 is 0 Å². The van der Waals surface area contributed by atoms with Crippen molar-refractivity contribution in [1.29, 1.82) is 0 Å². The van der Waals surface area contributed by atoms with Gasteiger partial charge in [0, 0.05) is 44.7 Å². The number of aryl methyl sites for hydroxylation is 1. The van der Waals surface area contributed by atoms with Crippen molar-refractivity contribution in [2.75, 3.05) is 37.6 Å². The van der Waals surface area contributed by atoms with Crippen molar-refractivity contribution in [3.05, 3.63) is 36.0 Å². The molecule has 9 nitrogen and oxygen atoms in total. The Morgan fingerprint density at radius 3 is 2.33 bits per heavy atom. The van der Waals surface area contributed by atoms with Gasteiger partial charge < -0.3 is 16.0 Å². The second-order valence-electron chi connectivity index (χ2n) is 8.77. The number of carbonyl (C=O) groups excluding carboxylic acids is 2. The molecule has 2 fully saturated rings. The molecule has 2 amide bonds. The van der Waals surface area contributed by atoms with Gasteiger partial charge >= 0.3 is 0 Å². The van der Waals surface area contributed by atoms with Gasteiger partial charge in [0.25, 0.3) is 0 Å². The molecule has 3 N–H and O–H groups in total. The molecule has 1 aromatic carbocycles. The van der Waals surface area contributed by atoms with Crippen LogP contribution in [-0.2, 0) is 9.59 Å². The number of primary amides is 1. The molecule has 2 aromatic rings. The smallest absolute Gasteiger partial charge is 0.245 e. The second kappa shape index (κ2) is 12.2. The third kappa shape index (κ3) is 8.09. The summed E-state index contributed by atoms with van der Waals surface area (Å²) < 4.78 is 0. The van der Waals surface area contributed by atoms with E-state index in [4.69, 9.17) is 5.73 Å². The zero-order chi connectivity index (χ0) is 23.6. The van der Waals surface area contributed by atoms with Gasteiger partial charge in [0.15, 0.2) is 0 Å². The van der Waals surface area contributed by atoms with E-state index in [0.717, 1.165) is 37.4 Å². The Morgan fingerprint density at radius 1 is 1.06 bits per heavy atom. The molecule has 1 aliphatic carbocycles. The number of anilines is 1. The SMILES string of the molecule is CC(=O)NC1CCCCC1.Cc1ccc(-c2cnnc(N3CCN(CC(N)=O)CC3)n2)cc1. The highest BCUT2D eigenvalue weighted by molar-refractivity contribution is 5.76. The zero-order valence-electron chi connectivity index (χ0n) is 19.7. The van der Waals surface area contributed by atoms with E-state index in [1.54, 1.807) is 13.1 Å². The van der Waals surface area contributed by atoms with Gasteiger partial charge in [0.05, 0.1) is 18.4 Å². The van der Waals surface area contributed by atoms with Crippen LogP contribution in [0.5, 0.6) is 0 Å². The van der Waals surface area contributed by atoms with E-state index in [2.05, 4.69) is 44.5 Å². The first-order valence-corrected chi connectivity index (χ1v) is 11.7. The van der Waals surface area contributed by atoms with Gasteiger partial charge in [-0.05, 0) is 19.8 Å². The van der Waals surface area contributed by atoms with Crippen molar-refractivity contribution in [1.82, 2.24) is 25.4 Å². The maximum absolute atomic E-state index is 11.0. The molecule has 0 atom stereocenters. The molecule has 1 saturated carbocycles. The van der Waals surface area contributed by atoms with E-state index >= 15 is 0 Å². The van der Waals surface area contributed by atoms with Gasteiger partial charge in [-0.15, -0.1) is 5.10 Å². The molecule has 2 heterocycles. The van der Waals surface area contributed by atoms with E-state index in [-0.39, 0.29) is 11.8 Å². The summed E-state index contributed by atoms with van der Waals surface area (Å²) >= 11 is 0. The van der Waals surface area contributed by atoms with Crippen molar-refractivity contribution in [2.45, 2.75) is 52.0 Å². The Balaban J connectivity index is 0.000000257. The summed E-state index contributed by atoms with van der Waals surface area (Å²) in [6, 6.07) is 8.66. The number of nitrogens with two attached hydrogens (primary N) is 1. The summed E-state index contributed by atoms with van der Waals surface area (Å²) in [6.45, 7) is 6.99. The van der Waals surface area contributed by atoms with Crippen LogP contribution in [0.1, 0.15) is 44.6 Å². The van der Waals surface area contributed by atoms with E-state index in [1.807, 2.05) is 17.0 Å². The molecular formula is C24H35N7O2. The lowest BCUT2D eigenvalue weighted by Gasteiger charge is -2.33. The van der Waals surface area contributed by atoms with Crippen molar-refractivity contribution in [3.63, 3.8) is 0 Å². The first-order chi connectivity index (χ1) is 15.9. The summed E-state index contributed by atoms with van der Waals surface area (Å²) in [7, 11) is 0. The Morgan fingerprint density at radius 2 is 1.73 bits per heavy atom. The molecule has 0 spiro atoms. The molecule has 0 unspecified atom stereocenters. The highest BCUT2D eigenvalue weighted by Crippen LogP contribution is 2.19. The fourth-order valence-electron chi connectivity index (χ4n) is 4.15. The van der Waals surface area contributed by atoms with Crippen LogP contribution < -0.4 is 16.0 Å². The van der Waals surface area contributed by atoms with Crippen molar-refractivity contribution >= 4 is 17.8 Å². The Kier molecular flexibility index (Phi) is 9.12. The minimum atomic E-state index is -0.294. The summed E-state index contributed by atoms with van der Waals surface area (Å²) in [5, 5.41) is 11.2. The summed E-state index contributed by atoms with van der Waals surface area (Å²) in [5.74, 6) is 0.450. The number of nitrogens with zero attached hydrogens (tertiary/aromatic N) is 5. The highest BCUT2D eigenvalue weighted by Gasteiger charge is 2.20. The Bertz CT molecular complexity index is 905. The number of piperazine rings is 1. The number of hydrogen-bond acceptors (Lipinski definition) is 7. The van der Waals surface area contributed by atoms with Gasteiger partial charge in [-0.1, -0.05) is 49.1 Å². The average Bonchev–Trinajstić information content (AvgIpc) is 2.80. The molecule has 0 bridgehead atoms. The van der Waals surface area contributed by atoms with E-state index < -0.39 is 0 Å². The molecule has 1 aromatic heterocycles. The summed E-state index contributed by atoms with van der Waals surface area (Å²) in [5.41, 5.74) is 8.29. The summed E-state index contributed by atoms with van der Waals surface area (Å²) in [6.07, 6.45) is 7.95. The Labute approximate surface area is 195 Å². The molecule has 0 radical (unpaired) electrons. The lowest BCUT2D eigenvalue weighted by Crippen LogP contribution is -2.49. The topological polar surface area (TPSA) is 117 Å². The molecule has 178 valence electrons. The maximum Gasteiger partial charge on any atom is 0.245 e. The fourth-order valence-corrected chi connectivity index (χ4v) is 4.15. The van der Waals surface area contributed by atoms with Crippen LogP contribution in [0.4, 0.5) is 5.95 Å². The van der Waals surface area contributed by atoms with E-state index in [1.165, 1.54) is 37.7 Å². The van der Waals surface area contributed by atoms with Crippen LogP contribution in [0.25, 0.3) is 11.3 Å². The zero-order valence-corrected chi connectivity index (χ0v) is 19.7. The van der Waals surface area contributed by atoms with Crippen LogP contribution in [0.3, 0.4) is 0 Å². The van der Waals surface area contributed by atoms with Crippen LogP contribution in [0.15, 0.2) is 30.5 Å². The number of rotatable bonds is 5. The number of carbonyl (C=O) groups is 2. The normalized spacial score (nSPS) is 17.1. The molecule has 33 heavy (non-hydrogen) atoms. The van der Waals surface area contributed by atoms with Crippen molar-refractivity contribution < 1.29 is 9.59 Å². The molecule has 9 heteroatoms. The van der Waals surface area contributed by atoms with Gasteiger partial charge in [0.1, 0.15) is 0 Å². The lowest BCUT2D eigenvalue weighted by molar-refractivity contribution is -0.120. The first kappa shape index (κ1) is 24.6. The van der Waals surface area contributed by atoms with Gasteiger partial charge in [-0.25, -0.2) is 4.98 Å². The maximum atomic E-state index is 11.0. The third-order valence-electron chi connectivity index (χ3n) is 5.94. The predicted molar refractivity (Wildman–Crippen MR) is 129 cm³/mol. The van der Waals surface area contributed by atoms with Crippen LogP contribution in [-0.4, -0.2) is 70.7 Å². The molecule has 1 saturated heterocycles. The van der Waals surface area contributed by atoms with Gasteiger partial charge in [-0.3, -0.25) is 14.5 Å². The molecule has 1 aliphatic heterocycles. The van der Waals surface area contributed by atoms with Gasteiger partial charge in [-0.2, -0.15) is 5.10 Å². The van der Waals surface area contributed by atoms with Crippen molar-refractivity contribution in [3.8, 4) is 11.3 Å². The number of hydrogen-bond donors (Lipinski definition) is 2. The third-order valence-corrected chi connectivity index (χ3v) is 5.94. The lowest BCUT2D eigenvalue weighted by atomic mass is 9.95. The second-order valence-corrected chi connectivity index (χ2v) is 8.77. The number of aromatic nitrogens is 3. The molecule has 2 aliphatic rings. The number of nitrogens with one attached hydrogen (secondary N) is 1. The van der Waals surface area contributed by atoms with Crippen LogP contribution in [0.2, 0.25) is 0 Å². The van der Waals surface area contributed by atoms with Gasteiger partial charge in [0.2, 0.25) is 17.8 Å². The van der Waals surface area contributed by atoms with E-state index in [0.29, 0.717) is 18.5 Å². The predicted octanol–water partition coefficient (Wildman–Crippen LogP) is 1.91. The van der Waals surface area contributed by atoms with E-state index in [9.17, 15) is 9.59 Å². The highest BCUT2D eigenvalue weighted by atomic mass is 16.1. The quantitative estimate of drug-likeness (QED) is 0.710. The number of amides is 2. The Hall–Kier alpha value is -3.07. The fraction of sp³-hybridized carbons (Fsp3) is 0.542. The minimum Gasteiger partial charge on any atom is -0.369 e. The van der Waals surface area contributed by atoms with Crippen molar-refractivity contribution in [2.24, 2.45) is 5.73 Å². The largest absolute Gasteiger partial charge is 0.369 e.